The van der Waals surface area contributed by atoms with Gasteiger partial charge in [0.25, 0.3) is 6.43 Å². The molecule has 0 aliphatic carbocycles. The highest BCUT2D eigenvalue weighted by Gasteiger charge is 2.12. The summed E-state index contributed by atoms with van der Waals surface area (Å²) >= 11 is 0. The van der Waals surface area contributed by atoms with Gasteiger partial charge in [-0.25, -0.2) is 13.8 Å². The number of aromatic nitrogens is 1. The van der Waals surface area contributed by atoms with E-state index in [1.54, 1.807) is 0 Å². The topological polar surface area (TPSA) is 42.4 Å². The van der Waals surface area contributed by atoms with E-state index in [9.17, 15) is 8.78 Å². The van der Waals surface area contributed by atoms with Crippen molar-refractivity contribution < 1.29 is 18.6 Å². The lowest BCUT2D eigenvalue weighted by atomic mass is 10.2. The molecule has 1 heterocycles. The second-order valence-electron chi connectivity index (χ2n) is 2.36. The summed E-state index contributed by atoms with van der Waals surface area (Å²) in [4.78, 5) is 3.53. The van der Waals surface area contributed by atoms with Crippen LogP contribution < -0.4 is 4.74 Å². The number of rotatable bonds is 3. The summed E-state index contributed by atoms with van der Waals surface area (Å²) in [7, 11) is 1.32. The largest absolute Gasteiger partial charge is 0.481 e. The van der Waals surface area contributed by atoms with Gasteiger partial charge in [-0.2, -0.15) is 0 Å². The Labute approximate surface area is 74.0 Å². The third-order valence-electron chi connectivity index (χ3n) is 1.55. The van der Waals surface area contributed by atoms with Gasteiger partial charge in [0.05, 0.1) is 13.7 Å². The van der Waals surface area contributed by atoms with Crippen LogP contribution in [0.1, 0.15) is 17.7 Å². The molecule has 1 aromatic rings. The smallest absolute Gasteiger partial charge is 0.280 e. The zero-order valence-corrected chi connectivity index (χ0v) is 7.00. The Morgan fingerprint density at radius 2 is 2.23 bits per heavy atom. The minimum absolute atomic E-state index is 0.0419. The van der Waals surface area contributed by atoms with Gasteiger partial charge < -0.3 is 9.84 Å². The Hall–Kier alpha value is -1.23. The summed E-state index contributed by atoms with van der Waals surface area (Å²) in [6.45, 7) is -0.278. The van der Waals surface area contributed by atoms with E-state index >= 15 is 0 Å². The van der Waals surface area contributed by atoms with Crippen LogP contribution in [0.5, 0.6) is 5.88 Å². The summed E-state index contributed by atoms with van der Waals surface area (Å²) in [5.41, 5.74) is 0.0425. The molecule has 1 N–H and O–H groups in total. The Bertz CT molecular complexity index is 291. The first kappa shape index (κ1) is 9.85. The van der Waals surface area contributed by atoms with Gasteiger partial charge in [0.2, 0.25) is 5.88 Å². The monoisotopic (exact) mass is 189 g/mol. The number of halogens is 2. The van der Waals surface area contributed by atoms with Crippen LogP contribution in [0.15, 0.2) is 12.1 Å². The van der Waals surface area contributed by atoms with E-state index < -0.39 is 6.43 Å². The summed E-state index contributed by atoms with van der Waals surface area (Å²) in [5, 5.41) is 8.77. The minimum atomic E-state index is -2.62. The van der Waals surface area contributed by atoms with Crippen molar-refractivity contribution in [3.8, 4) is 5.88 Å². The second kappa shape index (κ2) is 4.13. The van der Waals surface area contributed by atoms with Gasteiger partial charge in [-0.15, -0.1) is 0 Å². The fourth-order valence-corrected chi connectivity index (χ4v) is 0.902. The van der Waals surface area contributed by atoms with Crippen molar-refractivity contribution in [1.29, 1.82) is 0 Å². The fraction of sp³-hybridized carbons (Fsp3) is 0.375. The zero-order valence-electron chi connectivity index (χ0n) is 7.00. The SMILES string of the molecule is COc1nc(C(F)F)ccc1CO. The highest BCUT2D eigenvalue weighted by molar-refractivity contribution is 5.27. The molecular formula is C8H9F2NO2. The third kappa shape index (κ3) is 2.12. The average Bonchev–Trinajstić information content (AvgIpc) is 2.16. The summed E-state index contributed by atoms with van der Waals surface area (Å²) in [6.07, 6.45) is -2.62. The molecule has 0 fully saturated rings. The number of pyridine rings is 1. The van der Waals surface area contributed by atoms with Crippen LogP contribution in [0, 0.1) is 0 Å². The Balaban J connectivity index is 3.05. The highest BCUT2D eigenvalue weighted by Crippen LogP contribution is 2.22. The molecule has 3 nitrogen and oxygen atoms in total. The van der Waals surface area contributed by atoms with Crippen molar-refractivity contribution in [2.24, 2.45) is 0 Å². The maximum atomic E-state index is 12.1. The van der Waals surface area contributed by atoms with Gasteiger partial charge in [0.15, 0.2) is 0 Å². The van der Waals surface area contributed by atoms with Crippen LogP contribution >= 0.6 is 0 Å². The summed E-state index contributed by atoms with van der Waals surface area (Å²) in [5.74, 6) is 0.0419. The second-order valence-corrected chi connectivity index (χ2v) is 2.36. The maximum Gasteiger partial charge on any atom is 0.280 e. The van der Waals surface area contributed by atoms with Gasteiger partial charge in [-0.3, -0.25) is 0 Å². The van der Waals surface area contributed by atoms with Crippen molar-refractivity contribution in [3.05, 3.63) is 23.4 Å². The number of nitrogens with zero attached hydrogens (tertiary/aromatic N) is 1. The van der Waals surface area contributed by atoms with Crippen LogP contribution in [0.25, 0.3) is 0 Å². The van der Waals surface area contributed by atoms with Crippen LogP contribution in [-0.2, 0) is 6.61 Å². The van der Waals surface area contributed by atoms with E-state index in [0.717, 1.165) is 0 Å². The van der Waals surface area contributed by atoms with Crippen LogP contribution in [0.3, 0.4) is 0 Å². The van der Waals surface area contributed by atoms with E-state index in [1.807, 2.05) is 0 Å². The zero-order chi connectivity index (χ0) is 9.84. The van der Waals surface area contributed by atoms with Crippen molar-refractivity contribution in [3.63, 3.8) is 0 Å². The molecule has 0 bridgehead atoms. The number of aliphatic hydroxyl groups is 1. The van der Waals surface area contributed by atoms with Crippen LogP contribution in [-0.4, -0.2) is 17.2 Å². The molecule has 5 heteroatoms. The highest BCUT2D eigenvalue weighted by atomic mass is 19.3. The predicted molar refractivity (Wildman–Crippen MR) is 41.7 cm³/mol. The first-order valence-electron chi connectivity index (χ1n) is 3.62. The van der Waals surface area contributed by atoms with Crippen molar-refractivity contribution in [1.82, 2.24) is 4.98 Å². The quantitative estimate of drug-likeness (QED) is 0.783. The van der Waals surface area contributed by atoms with E-state index in [2.05, 4.69) is 4.98 Å². The molecule has 0 amide bonds. The number of alkyl halides is 2. The van der Waals surface area contributed by atoms with E-state index in [0.29, 0.717) is 5.56 Å². The molecule has 1 rings (SSSR count). The molecule has 0 atom stereocenters. The molecule has 0 spiro atoms. The van der Waals surface area contributed by atoms with Gasteiger partial charge in [0.1, 0.15) is 5.69 Å². The molecule has 0 aromatic carbocycles. The first-order chi connectivity index (χ1) is 6.19. The minimum Gasteiger partial charge on any atom is -0.481 e. The third-order valence-corrected chi connectivity index (χ3v) is 1.55. The lowest BCUT2D eigenvalue weighted by molar-refractivity contribution is 0.144. The number of hydrogen-bond donors (Lipinski definition) is 1. The molecule has 13 heavy (non-hydrogen) atoms. The average molecular weight is 189 g/mol. The lowest BCUT2D eigenvalue weighted by Crippen LogP contribution is -1.98. The maximum absolute atomic E-state index is 12.1. The lowest BCUT2D eigenvalue weighted by Gasteiger charge is -2.06. The Morgan fingerprint density at radius 3 is 2.69 bits per heavy atom. The number of methoxy groups -OCH3 is 1. The summed E-state index contributed by atoms with van der Waals surface area (Å²) in [6, 6.07) is 2.53. The standard InChI is InChI=1S/C8H9F2NO2/c1-13-8-5(4-12)2-3-6(11-8)7(9)10/h2-3,7,12H,4H2,1H3. The van der Waals surface area contributed by atoms with Crippen LogP contribution in [0.2, 0.25) is 0 Å². The van der Waals surface area contributed by atoms with E-state index in [1.165, 1.54) is 19.2 Å². The van der Waals surface area contributed by atoms with Gasteiger partial charge >= 0.3 is 0 Å². The van der Waals surface area contributed by atoms with Crippen molar-refractivity contribution in [2.75, 3.05) is 7.11 Å². The van der Waals surface area contributed by atoms with E-state index in [4.69, 9.17) is 9.84 Å². The molecule has 0 saturated carbocycles. The molecule has 0 aliphatic rings. The predicted octanol–water partition coefficient (Wildman–Crippen LogP) is 1.52. The van der Waals surface area contributed by atoms with Gasteiger partial charge in [-0.05, 0) is 12.1 Å². The van der Waals surface area contributed by atoms with Crippen molar-refractivity contribution >= 4 is 0 Å². The summed E-state index contributed by atoms with van der Waals surface area (Å²) < 4.78 is 29.0. The molecule has 0 aliphatic heterocycles. The molecule has 0 radical (unpaired) electrons. The van der Waals surface area contributed by atoms with E-state index in [-0.39, 0.29) is 18.2 Å². The number of ether oxygens (including phenoxy) is 1. The number of aliphatic hydroxyl groups excluding tert-OH is 1. The molecule has 72 valence electrons. The molecule has 0 unspecified atom stereocenters. The fourth-order valence-electron chi connectivity index (χ4n) is 0.902. The van der Waals surface area contributed by atoms with Gasteiger partial charge in [0, 0.05) is 5.56 Å². The van der Waals surface area contributed by atoms with Crippen molar-refractivity contribution in [2.45, 2.75) is 13.0 Å². The molecule has 1 aromatic heterocycles. The van der Waals surface area contributed by atoms with Crippen LogP contribution in [0.4, 0.5) is 8.78 Å². The molecule has 0 saturated heterocycles. The molecular weight excluding hydrogens is 180 g/mol. The Kier molecular flexibility index (Phi) is 3.13. The normalized spacial score (nSPS) is 10.5. The van der Waals surface area contributed by atoms with Gasteiger partial charge in [-0.1, -0.05) is 0 Å². The Morgan fingerprint density at radius 1 is 1.54 bits per heavy atom. The first-order valence-corrected chi connectivity index (χ1v) is 3.62. The number of hydrogen-bond acceptors (Lipinski definition) is 3.